The molecule has 1 aromatic heterocycles. The maximum absolute atomic E-state index is 14.2. The van der Waals surface area contributed by atoms with Crippen LogP contribution in [-0.4, -0.2) is 35.9 Å². The molecule has 0 atom stereocenters. The number of carboxylic acids is 1. The number of aromatic nitrogens is 1. The predicted molar refractivity (Wildman–Crippen MR) is 103 cm³/mol. The third-order valence-electron chi connectivity index (χ3n) is 4.57. The topological polar surface area (TPSA) is 63.5 Å². The quantitative estimate of drug-likeness (QED) is 0.565. The highest BCUT2D eigenvalue weighted by Crippen LogP contribution is 2.28. The Labute approximate surface area is 157 Å². The zero-order chi connectivity index (χ0) is 19.2. The van der Waals surface area contributed by atoms with Gasteiger partial charge in [-0.3, -0.25) is 0 Å². The molecule has 0 unspecified atom stereocenters. The van der Waals surface area contributed by atoms with Crippen molar-refractivity contribution in [3.05, 3.63) is 71.2 Å². The van der Waals surface area contributed by atoms with Gasteiger partial charge in [0.05, 0.1) is 6.54 Å². The Kier molecular flexibility index (Phi) is 6.21. The van der Waals surface area contributed by atoms with E-state index >= 15 is 0 Å². The molecular weight excluding hydrogens is 347 g/mol. The molecule has 0 saturated heterocycles. The highest BCUT2D eigenvalue weighted by atomic mass is 19.1. The molecule has 0 spiro atoms. The van der Waals surface area contributed by atoms with Crippen molar-refractivity contribution >= 4 is 16.9 Å². The fraction of sp³-hybridized carbons (Fsp3) is 0.286. The zero-order valence-corrected chi connectivity index (χ0v) is 15.2. The number of hydrogen-bond donors (Lipinski definition) is 2. The van der Waals surface area contributed by atoms with Crippen molar-refractivity contribution < 1.29 is 19.0 Å². The fourth-order valence-electron chi connectivity index (χ4n) is 3.31. The minimum atomic E-state index is -1.02. The number of fused-ring (bicyclic) bond motifs is 1. The van der Waals surface area contributed by atoms with Crippen molar-refractivity contribution in [3.63, 3.8) is 0 Å². The number of methoxy groups -OCH3 is 1. The number of carbonyl (C=O) groups is 1. The molecule has 2 aromatic carbocycles. The summed E-state index contributed by atoms with van der Waals surface area (Å²) in [5.74, 6) is -1.36. The van der Waals surface area contributed by atoms with Crippen LogP contribution in [-0.2, 0) is 17.8 Å². The van der Waals surface area contributed by atoms with E-state index in [9.17, 15) is 14.3 Å². The molecule has 27 heavy (non-hydrogen) atoms. The van der Waals surface area contributed by atoms with Gasteiger partial charge in [0.15, 0.2) is 0 Å². The summed E-state index contributed by atoms with van der Waals surface area (Å²) in [5, 5.41) is 14.0. The summed E-state index contributed by atoms with van der Waals surface area (Å²) in [5.41, 5.74) is 2.15. The Bertz CT molecular complexity index is 936. The molecule has 0 amide bonds. The Morgan fingerprint density at radius 3 is 2.67 bits per heavy atom. The predicted octanol–water partition coefficient (Wildman–Crippen LogP) is 3.65. The van der Waals surface area contributed by atoms with Gasteiger partial charge in [0, 0.05) is 42.3 Å². The molecule has 142 valence electrons. The Balaban J connectivity index is 2.00. The molecule has 6 heteroatoms. The molecule has 2 N–H and O–H groups in total. The number of benzene rings is 2. The molecule has 0 aliphatic carbocycles. The van der Waals surface area contributed by atoms with Crippen molar-refractivity contribution in [2.45, 2.75) is 19.5 Å². The van der Waals surface area contributed by atoms with E-state index in [1.807, 2.05) is 24.3 Å². The van der Waals surface area contributed by atoms with Crippen LogP contribution in [0.25, 0.3) is 10.9 Å². The second-order valence-electron chi connectivity index (χ2n) is 6.35. The van der Waals surface area contributed by atoms with Gasteiger partial charge in [0.1, 0.15) is 11.5 Å². The van der Waals surface area contributed by atoms with E-state index in [1.54, 1.807) is 29.9 Å². The Morgan fingerprint density at radius 2 is 1.93 bits per heavy atom. The van der Waals surface area contributed by atoms with Crippen LogP contribution in [0.4, 0.5) is 4.39 Å². The van der Waals surface area contributed by atoms with Crippen molar-refractivity contribution in [2.24, 2.45) is 0 Å². The van der Waals surface area contributed by atoms with Gasteiger partial charge in [-0.2, -0.15) is 0 Å². The minimum absolute atomic E-state index is 0.165. The van der Waals surface area contributed by atoms with E-state index in [0.717, 1.165) is 23.9 Å². The summed E-state index contributed by atoms with van der Waals surface area (Å²) in [6.07, 6.45) is 0.840. The molecule has 0 fully saturated rings. The lowest BCUT2D eigenvalue weighted by atomic mass is 10.1. The van der Waals surface area contributed by atoms with Crippen LogP contribution in [0.3, 0.4) is 0 Å². The van der Waals surface area contributed by atoms with Gasteiger partial charge in [0.25, 0.3) is 0 Å². The van der Waals surface area contributed by atoms with Crippen LogP contribution in [0.15, 0.2) is 48.5 Å². The number of carboxylic acid groups (broad SMARTS) is 1. The summed E-state index contributed by atoms with van der Waals surface area (Å²) in [7, 11) is 1.65. The maximum atomic E-state index is 14.2. The molecule has 3 rings (SSSR count). The van der Waals surface area contributed by atoms with E-state index in [-0.39, 0.29) is 18.1 Å². The summed E-state index contributed by atoms with van der Waals surface area (Å²) < 4.78 is 20.9. The highest BCUT2D eigenvalue weighted by Gasteiger charge is 2.22. The number of ether oxygens (including phenoxy) is 1. The monoisotopic (exact) mass is 370 g/mol. The Morgan fingerprint density at radius 1 is 1.19 bits per heavy atom. The van der Waals surface area contributed by atoms with E-state index in [0.29, 0.717) is 24.3 Å². The van der Waals surface area contributed by atoms with Gasteiger partial charge < -0.3 is 19.7 Å². The van der Waals surface area contributed by atoms with Gasteiger partial charge in [-0.1, -0.05) is 36.4 Å². The van der Waals surface area contributed by atoms with Crippen molar-refractivity contribution in [2.75, 3.05) is 20.3 Å². The number of para-hydroxylation sites is 1. The molecule has 0 aliphatic heterocycles. The standard InChI is InChI=1S/C21H23FN2O3/c1-27-12-6-11-23-13-17-16-8-3-5-10-19(16)24(20(17)21(25)26)14-15-7-2-4-9-18(15)22/h2-5,7-10,23H,6,11-14H2,1H3,(H,25,26). The summed E-state index contributed by atoms with van der Waals surface area (Å²) in [4.78, 5) is 12.1. The van der Waals surface area contributed by atoms with Crippen LogP contribution in [0.1, 0.15) is 28.0 Å². The first-order chi connectivity index (χ1) is 13.1. The molecule has 3 aromatic rings. The van der Waals surface area contributed by atoms with Crippen LogP contribution in [0.2, 0.25) is 0 Å². The van der Waals surface area contributed by atoms with E-state index in [2.05, 4.69) is 5.32 Å². The number of nitrogens with one attached hydrogen (secondary N) is 1. The first-order valence-corrected chi connectivity index (χ1v) is 8.90. The van der Waals surface area contributed by atoms with E-state index < -0.39 is 5.97 Å². The molecule has 0 aliphatic rings. The van der Waals surface area contributed by atoms with Crippen molar-refractivity contribution in [1.29, 1.82) is 0 Å². The number of nitrogens with zero attached hydrogens (tertiary/aromatic N) is 1. The zero-order valence-electron chi connectivity index (χ0n) is 15.2. The second-order valence-corrected chi connectivity index (χ2v) is 6.35. The minimum Gasteiger partial charge on any atom is -0.477 e. The van der Waals surface area contributed by atoms with Gasteiger partial charge in [-0.15, -0.1) is 0 Å². The van der Waals surface area contributed by atoms with Gasteiger partial charge >= 0.3 is 5.97 Å². The molecule has 1 heterocycles. The summed E-state index contributed by atoms with van der Waals surface area (Å²) >= 11 is 0. The number of hydrogen-bond acceptors (Lipinski definition) is 3. The smallest absolute Gasteiger partial charge is 0.352 e. The first-order valence-electron chi connectivity index (χ1n) is 8.90. The Hall–Kier alpha value is -2.70. The summed E-state index contributed by atoms with van der Waals surface area (Å²) in [6.45, 7) is 1.96. The lowest BCUT2D eigenvalue weighted by Gasteiger charge is -2.10. The average Bonchev–Trinajstić information content (AvgIpc) is 2.97. The lowest BCUT2D eigenvalue weighted by Crippen LogP contribution is -2.19. The van der Waals surface area contributed by atoms with Gasteiger partial charge in [-0.05, 0) is 25.1 Å². The van der Waals surface area contributed by atoms with Crippen molar-refractivity contribution in [3.8, 4) is 0 Å². The van der Waals surface area contributed by atoms with Crippen LogP contribution >= 0.6 is 0 Å². The number of aromatic carboxylic acids is 1. The number of halogens is 1. The molecule has 5 nitrogen and oxygen atoms in total. The molecule has 0 saturated carbocycles. The van der Waals surface area contributed by atoms with Gasteiger partial charge in [0.2, 0.25) is 0 Å². The van der Waals surface area contributed by atoms with Crippen LogP contribution < -0.4 is 5.32 Å². The van der Waals surface area contributed by atoms with Crippen LogP contribution in [0.5, 0.6) is 0 Å². The van der Waals surface area contributed by atoms with Crippen LogP contribution in [0, 0.1) is 5.82 Å². The summed E-state index contributed by atoms with van der Waals surface area (Å²) in [6, 6.07) is 14.0. The first kappa shape index (κ1) is 19.1. The average molecular weight is 370 g/mol. The SMILES string of the molecule is COCCCNCc1c(C(=O)O)n(Cc2ccccc2F)c2ccccc12. The number of rotatable bonds is 9. The second kappa shape index (κ2) is 8.79. The third kappa shape index (κ3) is 4.18. The van der Waals surface area contributed by atoms with Gasteiger partial charge in [-0.25, -0.2) is 9.18 Å². The molecule has 0 radical (unpaired) electrons. The highest BCUT2D eigenvalue weighted by molar-refractivity contribution is 5.98. The maximum Gasteiger partial charge on any atom is 0.352 e. The largest absolute Gasteiger partial charge is 0.477 e. The molecular formula is C21H23FN2O3. The van der Waals surface area contributed by atoms with Crippen molar-refractivity contribution in [1.82, 2.24) is 9.88 Å². The molecule has 0 bridgehead atoms. The fourth-order valence-corrected chi connectivity index (χ4v) is 3.31. The third-order valence-corrected chi connectivity index (χ3v) is 4.57. The van der Waals surface area contributed by atoms with E-state index in [1.165, 1.54) is 6.07 Å². The van der Waals surface area contributed by atoms with E-state index in [4.69, 9.17) is 4.74 Å². The lowest BCUT2D eigenvalue weighted by molar-refractivity contribution is 0.0684. The normalized spacial score (nSPS) is 11.2.